The second-order valence-corrected chi connectivity index (χ2v) is 15.3. The molecule has 126 valence electrons. The Morgan fingerprint density at radius 1 is 0.880 bits per heavy atom. The quantitative estimate of drug-likeness (QED) is 0.267. The Labute approximate surface area is 162 Å². The summed E-state index contributed by atoms with van der Waals surface area (Å²) in [5, 5.41) is 11.1. The molecule has 3 aromatic rings. The summed E-state index contributed by atoms with van der Waals surface area (Å²) >= 11 is -0.404. The second kappa shape index (κ2) is 9.23. The van der Waals surface area contributed by atoms with Gasteiger partial charge < -0.3 is 0 Å². The molecule has 0 saturated carbocycles. The van der Waals surface area contributed by atoms with E-state index in [4.69, 9.17) is 5.73 Å². The first-order valence-electron chi connectivity index (χ1n) is 7.74. The van der Waals surface area contributed by atoms with Gasteiger partial charge in [0.15, 0.2) is 0 Å². The van der Waals surface area contributed by atoms with Crippen molar-refractivity contribution in [1.29, 1.82) is 0 Å². The van der Waals surface area contributed by atoms with Crippen LogP contribution in [0.5, 0.6) is 0 Å². The van der Waals surface area contributed by atoms with E-state index >= 15 is 0 Å². The topological polar surface area (TPSA) is 50.7 Å². The van der Waals surface area contributed by atoms with Gasteiger partial charge in [-0.2, -0.15) is 0 Å². The Balaban J connectivity index is 1.83. The Bertz CT molecular complexity index is 807. The van der Waals surface area contributed by atoms with E-state index in [2.05, 4.69) is 58.7 Å². The van der Waals surface area contributed by atoms with Gasteiger partial charge >= 0.3 is 163 Å². The van der Waals surface area contributed by atoms with E-state index in [1.807, 2.05) is 36.6 Å². The maximum absolute atomic E-state index is 6.21. The number of benzene rings is 2. The van der Waals surface area contributed by atoms with Crippen molar-refractivity contribution in [3.05, 3.63) is 83.1 Å². The fourth-order valence-electron chi connectivity index (χ4n) is 2.15. The molecule has 1 aromatic heterocycles. The summed E-state index contributed by atoms with van der Waals surface area (Å²) < 4.78 is 2.75. The van der Waals surface area contributed by atoms with E-state index in [9.17, 15) is 0 Å². The van der Waals surface area contributed by atoms with Gasteiger partial charge in [0, 0.05) is 0 Å². The van der Waals surface area contributed by atoms with Gasteiger partial charge in [-0.05, 0) is 0 Å². The molecule has 0 unspecified atom stereocenters. The molecular formula is C19H18N3S2Sb. The zero-order valence-electron chi connectivity index (χ0n) is 13.7. The van der Waals surface area contributed by atoms with Crippen LogP contribution >= 0.6 is 20.2 Å². The Morgan fingerprint density at radius 2 is 1.48 bits per heavy atom. The molecule has 0 aliphatic rings. The van der Waals surface area contributed by atoms with Gasteiger partial charge in [-0.1, -0.05) is 0 Å². The van der Waals surface area contributed by atoms with E-state index in [0.29, 0.717) is 5.17 Å². The Hall–Kier alpha value is -1.55. The molecule has 0 aliphatic heterocycles. The average molecular weight is 474 g/mol. The predicted molar refractivity (Wildman–Crippen MR) is 114 cm³/mol. The third-order valence-corrected chi connectivity index (χ3v) is 15.1. The molecule has 2 N–H and O–H groups in total. The predicted octanol–water partition coefficient (Wildman–Crippen LogP) is 3.33. The molecule has 0 aliphatic carbocycles. The van der Waals surface area contributed by atoms with Crippen molar-refractivity contribution in [2.45, 2.75) is 6.92 Å². The van der Waals surface area contributed by atoms with Crippen LogP contribution in [0.2, 0.25) is 0 Å². The summed E-state index contributed by atoms with van der Waals surface area (Å²) in [4.78, 5) is 1.12. The summed E-state index contributed by atoms with van der Waals surface area (Å²) in [6.45, 7) is 1.96. The molecule has 3 rings (SSSR count). The van der Waals surface area contributed by atoms with Crippen LogP contribution in [0.15, 0.2) is 88.4 Å². The van der Waals surface area contributed by atoms with E-state index in [1.54, 1.807) is 20.2 Å². The van der Waals surface area contributed by atoms with Crippen LogP contribution in [-0.4, -0.2) is 29.7 Å². The molecular weight excluding hydrogens is 456 g/mol. The number of hydrogen-bond donors (Lipinski definition) is 1. The van der Waals surface area contributed by atoms with Gasteiger partial charge in [-0.3, -0.25) is 0 Å². The zero-order valence-corrected chi connectivity index (χ0v) is 17.9. The van der Waals surface area contributed by atoms with E-state index in [0.717, 1.165) is 10.6 Å². The summed E-state index contributed by atoms with van der Waals surface area (Å²) in [7, 11) is 1.70. The van der Waals surface area contributed by atoms with Gasteiger partial charge in [0.05, 0.1) is 0 Å². The SMILES string of the molecule is C/C(=N\N=C(/N)[S][Sb]([c]1ccccc1)[c]1ccccc1)c1cccs1. The molecule has 3 nitrogen and oxygen atoms in total. The molecule has 0 amide bonds. The van der Waals surface area contributed by atoms with Gasteiger partial charge in [0.25, 0.3) is 0 Å². The van der Waals surface area contributed by atoms with E-state index < -0.39 is 18.8 Å². The van der Waals surface area contributed by atoms with Gasteiger partial charge in [-0.25, -0.2) is 0 Å². The van der Waals surface area contributed by atoms with Crippen LogP contribution < -0.4 is 12.8 Å². The second-order valence-electron chi connectivity index (χ2n) is 5.16. The van der Waals surface area contributed by atoms with E-state index in [1.165, 1.54) is 7.02 Å². The van der Waals surface area contributed by atoms with Crippen molar-refractivity contribution < 1.29 is 0 Å². The molecule has 0 spiro atoms. The van der Waals surface area contributed by atoms with Crippen molar-refractivity contribution in [2.24, 2.45) is 15.9 Å². The zero-order chi connectivity index (χ0) is 17.5. The summed E-state index contributed by atoms with van der Waals surface area (Å²) in [6.07, 6.45) is 0. The first-order valence-corrected chi connectivity index (χ1v) is 15.1. The number of hydrogen-bond acceptors (Lipinski definition) is 4. The number of rotatable bonds is 5. The Morgan fingerprint density at radius 3 is 2.00 bits per heavy atom. The molecule has 0 fully saturated rings. The van der Waals surface area contributed by atoms with Crippen LogP contribution in [0.1, 0.15) is 11.8 Å². The summed E-state index contributed by atoms with van der Waals surface area (Å²) in [6, 6.07) is 25.2. The standard InChI is InChI=1S/C7H9N3S2.2C6H5.Sb/c1-5(9-10-7(8)11)6-3-2-4-12-6;2*1-2-4-6-5-3-1;/h2-4H,1H3,(H3,8,10,11);2*1-5H;/q;;;+1/p-1/b9-5+;;;. The van der Waals surface area contributed by atoms with Crippen molar-refractivity contribution in [3.63, 3.8) is 0 Å². The van der Waals surface area contributed by atoms with Crippen molar-refractivity contribution >= 4 is 56.9 Å². The molecule has 0 saturated heterocycles. The molecule has 2 aromatic carbocycles. The van der Waals surface area contributed by atoms with Crippen LogP contribution in [-0.2, 0) is 0 Å². The molecule has 6 heteroatoms. The molecule has 0 bridgehead atoms. The van der Waals surface area contributed by atoms with Gasteiger partial charge in [0.2, 0.25) is 0 Å². The first kappa shape index (κ1) is 18.2. The normalized spacial score (nSPS) is 12.6. The summed E-state index contributed by atoms with van der Waals surface area (Å²) in [5.74, 6) is 0. The van der Waals surface area contributed by atoms with Crippen molar-refractivity contribution in [3.8, 4) is 0 Å². The van der Waals surface area contributed by atoms with Crippen LogP contribution in [0.3, 0.4) is 0 Å². The third-order valence-electron chi connectivity index (χ3n) is 3.34. The number of amidine groups is 1. The minimum atomic E-state index is -2.06. The number of nitrogens with zero attached hydrogens (tertiary/aromatic N) is 2. The molecule has 0 radical (unpaired) electrons. The Kier molecular flexibility index (Phi) is 6.74. The molecule has 25 heavy (non-hydrogen) atoms. The number of nitrogens with two attached hydrogens (primary N) is 1. The van der Waals surface area contributed by atoms with Crippen LogP contribution in [0.25, 0.3) is 0 Å². The summed E-state index contributed by atoms with van der Waals surface area (Å²) in [5.41, 5.74) is 7.10. The van der Waals surface area contributed by atoms with E-state index in [-0.39, 0.29) is 0 Å². The first-order chi connectivity index (χ1) is 12.2. The number of thiophene rings is 1. The van der Waals surface area contributed by atoms with Crippen molar-refractivity contribution in [1.82, 2.24) is 0 Å². The molecule has 1 heterocycles. The maximum atomic E-state index is 6.21. The molecule has 0 atom stereocenters. The monoisotopic (exact) mass is 473 g/mol. The van der Waals surface area contributed by atoms with Gasteiger partial charge in [-0.15, -0.1) is 0 Å². The van der Waals surface area contributed by atoms with Crippen LogP contribution in [0.4, 0.5) is 0 Å². The minimum absolute atomic E-state index is 0.534. The van der Waals surface area contributed by atoms with Crippen molar-refractivity contribution in [2.75, 3.05) is 0 Å². The average Bonchev–Trinajstić information content (AvgIpc) is 3.20. The van der Waals surface area contributed by atoms with Gasteiger partial charge in [0.1, 0.15) is 0 Å². The van der Waals surface area contributed by atoms with Crippen LogP contribution in [0, 0.1) is 0 Å². The third kappa shape index (κ3) is 5.21. The fourth-order valence-corrected chi connectivity index (χ4v) is 12.0. The fraction of sp³-hybridized carbons (Fsp3) is 0.0526.